The normalized spacial score (nSPS) is 17.2. The molecule has 0 bridgehead atoms. The molecule has 3 atom stereocenters. The van der Waals surface area contributed by atoms with Crippen molar-refractivity contribution in [2.75, 3.05) is 26.8 Å². The molecule has 0 saturated heterocycles. The standard InChI is InChI=1S/C15H34N2O/c1-8-14(5)17(9-10-18-7)15(6)13(4)11-16-12(2)3/h12-16H,8-11H2,1-7H3. The summed E-state index contributed by atoms with van der Waals surface area (Å²) in [6.07, 6.45) is 1.19. The van der Waals surface area contributed by atoms with Crippen LogP contribution in [0.25, 0.3) is 0 Å². The quantitative estimate of drug-likeness (QED) is 0.652. The molecule has 1 N–H and O–H groups in total. The van der Waals surface area contributed by atoms with Gasteiger partial charge in [-0.15, -0.1) is 0 Å². The van der Waals surface area contributed by atoms with E-state index in [4.69, 9.17) is 4.74 Å². The Morgan fingerprint density at radius 2 is 1.72 bits per heavy atom. The zero-order valence-electron chi connectivity index (χ0n) is 13.5. The molecular formula is C15H34N2O. The maximum atomic E-state index is 5.24. The highest BCUT2D eigenvalue weighted by Crippen LogP contribution is 2.15. The first-order valence-electron chi connectivity index (χ1n) is 7.42. The van der Waals surface area contributed by atoms with Gasteiger partial charge in [0.25, 0.3) is 0 Å². The molecule has 110 valence electrons. The number of nitrogens with one attached hydrogen (secondary N) is 1. The van der Waals surface area contributed by atoms with Gasteiger partial charge in [-0.25, -0.2) is 0 Å². The van der Waals surface area contributed by atoms with Gasteiger partial charge in [0.15, 0.2) is 0 Å². The summed E-state index contributed by atoms with van der Waals surface area (Å²) in [4.78, 5) is 2.58. The number of rotatable bonds is 10. The number of nitrogens with zero attached hydrogens (tertiary/aromatic N) is 1. The van der Waals surface area contributed by atoms with Gasteiger partial charge < -0.3 is 10.1 Å². The van der Waals surface area contributed by atoms with E-state index in [1.54, 1.807) is 7.11 Å². The molecule has 3 heteroatoms. The second kappa shape index (κ2) is 9.76. The van der Waals surface area contributed by atoms with E-state index in [1.165, 1.54) is 6.42 Å². The van der Waals surface area contributed by atoms with Crippen molar-refractivity contribution in [3.63, 3.8) is 0 Å². The maximum Gasteiger partial charge on any atom is 0.0589 e. The second-order valence-electron chi connectivity index (χ2n) is 5.77. The number of methoxy groups -OCH3 is 1. The van der Waals surface area contributed by atoms with Crippen LogP contribution in [0.2, 0.25) is 0 Å². The third-order valence-corrected chi connectivity index (χ3v) is 3.91. The lowest BCUT2D eigenvalue weighted by molar-refractivity contribution is 0.0721. The van der Waals surface area contributed by atoms with Gasteiger partial charge in [-0.2, -0.15) is 0 Å². The molecule has 0 aromatic carbocycles. The van der Waals surface area contributed by atoms with Crippen molar-refractivity contribution in [2.24, 2.45) is 5.92 Å². The fourth-order valence-corrected chi connectivity index (χ4v) is 2.18. The molecule has 3 nitrogen and oxygen atoms in total. The van der Waals surface area contributed by atoms with Crippen molar-refractivity contribution >= 4 is 0 Å². The van der Waals surface area contributed by atoms with Crippen LogP contribution < -0.4 is 5.32 Å². The molecule has 3 unspecified atom stereocenters. The van der Waals surface area contributed by atoms with Crippen molar-refractivity contribution in [3.8, 4) is 0 Å². The van der Waals surface area contributed by atoms with E-state index >= 15 is 0 Å². The Kier molecular flexibility index (Phi) is 9.70. The summed E-state index contributed by atoms with van der Waals surface area (Å²) in [5.74, 6) is 0.651. The Morgan fingerprint density at radius 3 is 2.17 bits per heavy atom. The van der Waals surface area contributed by atoms with Crippen molar-refractivity contribution in [3.05, 3.63) is 0 Å². The Balaban J connectivity index is 4.37. The molecule has 18 heavy (non-hydrogen) atoms. The highest BCUT2D eigenvalue weighted by molar-refractivity contribution is 4.78. The topological polar surface area (TPSA) is 24.5 Å². The van der Waals surface area contributed by atoms with Crippen LogP contribution in [0.15, 0.2) is 0 Å². The van der Waals surface area contributed by atoms with Gasteiger partial charge in [0.2, 0.25) is 0 Å². The molecule has 0 saturated carbocycles. The zero-order chi connectivity index (χ0) is 14.1. The highest BCUT2D eigenvalue weighted by atomic mass is 16.5. The Labute approximate surface area is 114 Å². The van der Waals surface area contributed by atoms with Crippen LogP contribution in [-0.2, 0) is 4.74 Å². The molecule has 0 heterocycles. The Bertz CT molecular complexity index is 197. The predicted octanol–water partition coefficient (Wildman–Crippen LogP) is 2.76. The van der Waals surface area contributed by atoms with Gasteiger partial charge in [-0.3, -0.25) is 4.90 Å². The largest absolute Gasteiger partial charge is 0.383 e. The van der Waals surface area contributed by atoms with Crippen molar-refractivity contribution in [1.29, 1.82) is 0 Å². The van der Waals surface area contributed by atoms with Gasteiger partial charge in [0.1, 0.15) is 0 Å². The molecule has 0 fully saturated rings. The number of hydrogen-bond acceptors (Lipinski definition) is 3. The molecule has 0 aliphatic rings. The fraction of sp³-hybridized carbons (Fsp3) is 1.00. The molecule has 0 amide bonds. The van der Waals surface area contributed by atoms with Gasteiger partial charge in [-0.1, -0.05) is 27.7 Å². The average Bonchev–Trinajstić information content (AvgIpc) is 2.35. The van der Waals surface area contributed by atoms with Crippen LogP contribution in [0.1, 0.15) is 48.0 Å². The number of hydrogen-bond donors (Lipinski definition) is 1. The summed E-state index contributed by atoms with van der Waals surface area (Å²) >= 11 is 0. The minimum atomic E-state index is 0.565. The molecule has 0 rings (SSSR count). The lowest BCUT2D eigenvalue weighted by Crippen LogP contribution is -2.47. The number of ether oxygens (including phenoxy) is 1. The van der Waals surface area contributed by atoms with E-state index in [0.29, 0.717) is 24.0 Å². The fourth-order valence-electron chi connectivity index (χ4n) is 2.18. The third kappa shape index (κ3) is 6.72. The highest BCUT2D eigenvalue weighted by Gasteiger charge is 2.23. The van der Waals surface area contributed by atoms with E-state index in [0.717, 1.165) is 19.7 Å². The van der Waals surface area contributed by atoms with Gasteiger partial charge >= 0.3 is 0 Å². The summed E-state index contributed by atoms with van der Waals surface area (Å²) in [6, 6.07) is 1.77. The molecule has 0 spiro atoms. The SMILES string of the molecule is CCC(C)N(CCOC)C(C)C(C)CNC(C)C. The minimum absolute atomic E-state index is 0.565. The van der Waals surface area contributed by atoms with E-state index in [-0.39, 0.29) is 0 Å². The predicted molar refractivity (Wildman–Crippen MR) is 80.1 cm³/mol. The van der Waals surface area contributed by atoms with Gasteiger partial charge in [0, 0.05) is 31.8 Å². The second-order valence-corrected chi connectivity index (χ2v) is 5.77. The first-order chi connectivity index (χ1) is 8.43. The van der Waals surface area contributed by atoms with Crippen molar-refractivity contribution in [2.45, 2.75) is 66.1 Å². The van der Waals surface area contributed by atoms with Crippen LogP contribution in [0.3, 0.4) is 0 Å². The maximum absolute atomic E-state index is 5.24. The molecule has 0 aliphatic heterocycles. The van der Waals surface area contributed by atoms with E-state index in [9.17, 15) is 0 Å². The summed E-state index contributed by atoms with van der Waals surface area (Å²) in [5.41, 5.74) is 0. The van der Waals surface area contributed by atoms with Crippen LogP contribution in [0.5, 0.6) is 0 Å². The summed E-state index contributed by atoms with van der Waals surface area (Å²) < 4.78 is 5.24. The lowest BCUT2D eigenvalue weighted by Gasteiger charge is -2.37. The zero-order valence-corrected chi connectivity index (χ0v) is 13.5. The van der Waals surface area contributed by atoms with Crippen LogP contribution in [-0.4, -0.2) is 49.8 Å². The first-order valence-corrected chi connectivity index (χ1v) is 7.42. The van der Waals surface area contributed by atoms with Gasteiger partial charge in [0.05, 0.1) is 6.61 Å². The molecule has 0 aromatic rings. The molecule has 0 aromatic heterocycles. The minimum Gasteiger partial charge on any atom is -0.383 e. The van der Waals surface area contributed by atoms with Crippen molar-refractivity contribution < 1.29 is 4.74 Å². The Hall–Kier alpha value is -0.120. The van der Waals surface area contributed by atoms with Crippen LogP contribution in [0, 0.1) is 5.92 Å². The smallest absolute Gasteiger partial charge is 0.0589 e. The molecule has 0 aliphatic carbocycles. The van der Waals surface area contributed by atoms with Gasteiger partial charge in [-0.05, 0) is 32.7 Å². The Morgan fingerprint density at radius 1 is 1.11 bits per heavy atom. The summed E-state index contributed by atoms with van der Waals surface area (Å²) in [6.45, 7) is 16.6. The molecule has 0 radical (unpaired) electrons. The van der Waals surface area contributed by atoms with Crippen LogP contribution >= 0.6 is 0 Å². The van der Waals surface area contributed by atoms with E-state index in [2.05, 4.69) is 51.8 Å². The van der Waals surface area contributed by atoms with E-state index < -0.39 is 0 Å². The monoisotopic (exact) mass is 258 g/mol. The third-order valence-electron chi connectivity index (χ3n) is 3.91. The first kappa shape index (κ1) is 17.9. The summed E-state index contributed by atoms with van der Waals surface area (Å²) in [7, 11) is 1.78. The van der Waals surface area contributed by atoms with E-state index in [1.807, 2.05) is 0 Å². The van der Waals surface area contributed by atoms with Crippen LogP contribution in [0.4, 0.5) is 0 Å². The lowest BCUT2D eigenvalue weighted by atomic mass is 9.99. The summed E-state index contributed by atoms with van der Waals surface area (Å²) in [5, 5.41) is 3.54. The molecular weight excluding hydrogens is 224 g/mol. The van der Waals surface area contributed by atoms with Crippen molar-refractivity contribution in [1.82, 2.24) is 10.2 Å². The average molecular weight is 258 g/mol.